The molecule has 0 amide bonds. The van der Waals surface area contributed by atoms with Gasteiger partial charge in [-0.15, -0.1) is 0 Å². The molecule has 0 radical (unpaired) electrons. The number of pyridine rings is 1. The summed E-state index contributed by atoms with van der Waals surface area (Å²) < 4.78 is 16.1. The van der Waals surface area contributed by atoms with E-state index in [0.717, 1.165) is 42.3 Å². The minimum absolute atomic E-state index is 0.0857. The SMILES string of the molecule is Fc1cccc(-n2cccc2C2C(c3ccccn3)NC(=S)N2CCCNc2ccccc2)c1. The van der Waals surface area contributed by atoms with Gasteiger partial charge in [-0.25, -0.2) is 4.39 Å². The molecular weight excluding hydrogens is 445 g/mol. The van der Waals surface area contributed by atoms with E-state index < -0.39 is 0 Å². The highest BCUT2D eigenvalue weighted by Gasteiger charge is 2.40. The first-order valence-electron chi connectivity index (χ1n) is 11.4. The molecule has 2 aromatic carbocycles. The smallest absolute Gasteiger partial charge is 0.170 e. The van der Waals surface area contributed by atoms with E-state index in [1.807, 2.05) is 59.3 Å². The first-order chi connectivity index (χ1) is 16.7. The monoisotopic (exact) mass is 471 g/mol. The number of para-hydroxylation sites is 1. The molecular formula is C27H26FN5S. The normalized spacial score (nSPS) is 17.6. The molecule has 0 saturated carbocycles. The number of nitrogens with zero attached hydrogens (tertiary/aromatic N) is 3. The highest BCUT2D eigenvalue weighted by atomic mass is 32.1. The number of benzene rings is 2. The van der Waals surface area contributed by atoms with Gasteiger partial charge in [0.25, 0.3) is 0 Å². The molecule has 1 fully saturated rings. The van der Waals surface area contributed by atoms with Gasteiger partial charge in [0.15, 0.2) is 5.11 Å². The van der Waals surface area contributed by atoms with Crippen molar-refractivity contribution in [1.29, 1.82) is 0 Å². The van der Waals surface area contributed by atoms with Gasteiger partial charge in [-0.2, -0.15) is 0 Å². The van der Waals surface area contributed by atoms with Gasteiger partial charge in [0.05, 0.1) is 17.8 Å². The summed E-state index contributed by atoms with van der Waals surface area (Å²) in [5, 5.41) is 7.67. The van der Waals surface area contributed by atoms with E-state index in [0.29, 0.717) is 5.11 Å². The Bertz CT molecular complexity index is 1240. The second-order valence-corrected chi connectivity index (χ2v) is 8.64. The van der Waals surface area contributed by atoms with Crippen LogP contribution in [0, 0.1) is 5.82 Å². The largest absolute Gasteiger partial charge is 0.385 e. The van der Waals surface area contributed by atoms with Crippen LogP contribution in [-0.4, -0.2) is 32.7 Å². The van der Waals surface area contributed by atoms with Crippen LogP contribution in [0.5, 0.6) is 0 Å². The van der Waals surface area contributed by atoms with Crippen LogP contribution in [0.25, 0.3) is 5.69 Å². The summed E-state index contributed by atoms with van der Waals surface area (Å²) in [5.41, 5.74) is 3.84. The fourth-order valence-electron chi connectivity index (χ4n) is 4.50. The minimum atomic E-state index is -0.262. The lowest BCUT2D eigenvalue weighted by Crippen LogP contribution is -2.32. The van der Waals surface area contributed by atoms with E-state index in [4.69, 9.17) is 12.2 Å². The van der Waals surface area contributed by atoms with Crippen molar-refractivity contribution in [2.75, 3.05) is 18.4 Å². The number of aromatic nitrogens is 2. The number of thiocarbonyl (C=S) groups is 1. The second-order valence-electron chi connectivity index (χ2n) is 8.25. The Hall–Kier alpha value is -3.71. The van der Waals surface area contributed by atoms with Crippen molar-refractivity contribution in [1.82, 2.24) is 19.8 Å². The number of anilines is 1. The maximum atomic E-state index is 14.0. The molecule has 7 heteroatoms. The van der Waals surface area contributed by atoms with E-state index >= 15 is 0 Å². The molecule has 2 aromatic heterocycles. The fraction of sp³-hybridized carbons (Fsp3) is 0.185. The lowest BCUT2D eigenvalue weighted by molar-refractivity contribution is 0.307. The van der Waals surface area contributed by atoms with Crippen LogP contribution in [0.15, 0.2) is 97.3 Å². The average molecular weight is 472 g/mol. The number of hydrogen-bond donors (Lipinski definition) is 2. The van der Waals surface area contributed by atoms with E-state index in [2.05, 4.69) is 38.7 Å². The third-order valence-corrected chi connectivity index (χ3v) is 6.40. The fourth-order valence-corrected chi connectivity index (χ4v) is 4.83. The quantitative estimate of drug-likeness (QED) is 0.263. The zero-order valence-corrected chi connectivity index (χ0v) is 19.5. The van der Waals surface area contributed by atoms with Crippen molar-refractivity contribution in [3.63, 3.8) is 0 Å². The summed E-state index contributed by atoms with van der Waals surface area (Å²) >= 11 is 5.79. The van der Waals surface area contributed by atoms with Crippen LogP contribution in [0.1, 0.15) is 29.9 Å². The topological polar surface area (TPSA) is 45.1 Å². The summed E-state index contributed by atoms with van der Waals surface area (Å²) in [7, 11) is 0. The molecule has 4 aromatic rings. The standard InChI is InChI=1S/C27H26FN5S/c28-20-9-6-12-22(19-20)32-17-7-14-24(32)26-25(23-13-4-5-15-30-23)31-27(34)33(26)18-8-16-29-21-10-2-1-3-11-21/h1-7,9-15,17,19,25-26,29H,8,16,18H2,(H,31,34). The van der Waals surface area contributed by atoms with Crippen molar-refractivity contribution >= 4 is 23.0 Å². The predicted molar refractivity (Wildman–Crippen MR) is 137 cm³/mol. The third kappa shape index (κ3) is 4.65. The molecule has 2 N–H and O–H groups in total. The first-order valence-corrected chi connectivity index (χ1v) is 11.8. The van der Waals surface area contributed by atoms with Gasteiger partial charge in [0, 0.05) is 42.6 Å². The maximum absolute atomic E-state index is 14.0. The van der Waals surface area contributed by atoms with E-state index in [9.17, 15) is 4.39 Å². The van der Waals surface area contributed by atoms with Crippen LogP contribution >= 0.6 is 12.2 Å². The molecule has 5 nitrogen and oxygen atoms in total. The Balaban J connectivity index is 1.43. The Labute approximate surface area is 204 Å². The van der Waals surface area contributed by atoms with Crippen LogP contribution in [-0.2, 0) is 0 Å². The highest BCUT2D eigenvalue weighted by molar-refractivity contribution is 7.80. The van der Waals surface area contributed by atoms with Gasteiger partial charge in [0.1, 0.15) is 5.82 Å². The van der Waals surface area contributed by atoms with E-state index in [1.54, 1.807) is 18.3 Å². The van der Waals surface area contributed by atoms with Crippen molar-refractivity contribution < 1.29 is 4.39 Å². The van der Waals surface area contributed by atoms with Crippen molar-refractivity contribution in [2.24, 2.45) is 0 Å². The van der Waals surface area contributed by atoms with Gasteiger partial charge in [-0.1, -0.05) is 30.3 Å². The van der Waals surface area contributed by atoms with Crippen molar-refractivity contribution in [3.05, 3.63) is 115 Å². The van der Waals surface area contributed by atoms with Gasteiger partial charge < -0.3 is 20.1 Å². The summed E-state index contributed by atoms with van der Waals surface area (Å²) in [5.74, 6) is -0.262. The van der Waals surface area contributed by atoms with Gasteiger partial charge in [0.2, 0.25) is 0 Å². The minimum Gasteiger partial charge on any atom is -0.385 e. The molecule has 1 saturated heterocycles. The Morgan fingerprint density at radius 1 is 0.971 bits per heavy atom. The Morgan fingerprint density at radius 3 is 2.62 bits per heavy atom. The number of rotatable bonds is 8. The van der Waals surface area contributed by atoms with E-state index in [1.165, 1.54) is 6.07 Å². The lowest BCUT2D eigenvalue weighted by Gasteiger charge is -2.29. The van der Waals surface area contributed by atoms with Crippen LogP contribution in [0.4, 0.5) is 10.1 Å². The van der Waals surface area contributed by atoms with Crippen molar-refractivity contribution in [3.8, 4) is 5.69 Å². The first kappa shape index (κ1) is 22.1. The predicted octanol–water partition coefficient (Wildman–Crippen LogP) is 5.49. The molecule has 0 spiro atoms. The molecule has 34 heavy (non-hydrogen) atoms. The number of hydrogen-bond acceptors (Lipinski definition) is 3. The van der Waals surface area contributed by atoms with Crippen molar-refractivity contribution in [2.45, 2.75) is 18.5 Å². The molecule has 1 aliphatic heterocycles. The summed E-state index contributed by atoms with van der Waals surface area (Å²) in [6.45, 7) is 1.60. The number of halogens is 1. The lowest BCUT2D eigenvalue weighted by atomic mass is 10.0. The molecule has 3 heterocycles. The third-order valence-electron chi connectivity index (χ3n) is 6.05. The molecule has 5 rings (SSSR count). The van der Waals surface area contributed by atoms with Gasteiger partial charge in [-0.05, 0) is 73.2 Å². The van der Waals surface area contributed by atoms with Gasteiger partial charge in [-0.3, -0.25) is 4.98 Å². The summed E-state index contributed by atoms with van der Waals surface area (Å²) in [4.78, 5) is 6.84. The molecule has 172 valence electrons. The van der Waals surface area contributed by atoms with Crippen LogP contribution < -0.4 is 10.6 Å². The molecule has 1 aliphatic rings. The van der Waals surface area contributed by atoms with Crippen LogP contribution in [0.2, 0.25) is 0 Å². The molecule has 2 unspecified atom stereocenters. The zero-order valence-electron chi connectivity index (χ0n) is 18.6. The van der Waals surface area contributed by atoms with Crippen LogP contribution in [0.3, 0.4) is 0 Å². The summed E-state index contributed by atoms with van der Waals surface area (Å²) in [6, 6.07) is 26.6. The molecule has 0 bridgehead atoms. The highest BCUT2D eigenvalue weighted by Crippen LogP contribution is 2.39. The summed E-state index contributed by atoms with van der Waals surface area (Å²) in [6.07, 6.45) is 4.67. The van der Waals surface area contributed by atoms with E-state index in [-0.39, 0.29) is 17.9 Å². The molecule has 0 aliphatic carbocycles. The zero-order chi connectivity index (χ0) is 23.3. The average Bonchev–Trinajstić information content (AvgIpc) is 3.47. The second kappa shape index (κ2) is 10.1. The maximum Gasteiger partial charge on any atom is 0.170 e. The Kier molecular flexibility index (Phi) is 6.53. The molecule has 2 atom stereocenters. The number of nitrogens with one attached hydrogen (secondary N) is 2. The Morgan fingerprint density at radius 2 is 1.82 bits per heavy atom. The van der Waals surface area contributed by atoms with Gasteiger partial charge >= 0.3 is 0 Å².